The number of ether oxygens (including phenoxy) is 5. The Bertz CT molecular complexity index is 2470. The third-order valence-electron chi connectivity index (χ3n) is 16.7. The molecule has 0 aromatic carbocycles. The number of carbonyl (C=O) groups is 7. The maximum absolute atomic E-state index is 14.0. The first-order chi connectivity index (χ1) is 35.3. The van der Waals surface area contributed by atoms with Gasteiger partial charge < -0.3 is 68.2 Å². The summed E-state index contributed by atoms with van der Waals surface area (Å²) in [5.74, 6) is -6.62. The number of aliphatic carboxylic acids is 1. The number of carboxylic acids is 1. The number of aliphatic hydroxyl groups is 1. The molecule has 3 N–H and O–H groups in total. The van der Waals surface area contributed by atoms with E-state index >= 15 is 0 Å². The molecular formula is C54H74CoN7O14. The minimum Gasteiger partial charge on any atom is -0.682 e. The fourth-order valence-corrected chi connectivity index (χ4v) is 12.3. The van der Waals surface area contributed by atoms with Crippen LogP contribution >= 0.6 is 0 Å². The van der Waals surface area contributed by atoms with Crippen molar-refractivity contribution in [3.05, 3.63) is 52.8 Å². The molecule has 5 heterocycles. The number of allylic oxidation sites excluding steroid dienone is 6. The SMILES string of the molecule is COC(=O)CC[C@@H]1C2=NC(=C\C3=NC(=C(/C)C4=N[C@@](C)(C5[N-]/C(=C\2C)[C@](C)(CCC(=O)OC)[C@H]5CC(=O)OC)[C@@](C)(CC(=O)OC)[C@@H]4CCC(=O)OC)/[C@@](C)(CC(=O)NCCO)[C@@H]3CCC(=O)O)/C1(C)C.[C-]#N.[C-]#N.[Co+3]. The monoisotopic (exact) mass is 1100 g/mol. The topological polar surface area (TPSA) is 317 Å². The molecule has 0 spiro atoms. The number of amides is 1. The summed E-state index contributed by atoms with van der Waals surface area (Å²) in [5.41, 5.74) is -1.55. The van der Waals surface area contributed by atoms with Crippen LogP contribution in [0, 0.1) is 69.0 Å². The predicted octanol–water partition coefficient (Wildman–Crippen LogP) is 6.36. The van der Waals surface area contributed by atoms with Crippen molar-refractivity contribution < 1.29 is 84.2 Å². The van der Waals surface area contributed by atoms with Crippen LogP contribution in [-0.2, 0) is 74.0 Å². The van der Waals surface area contributed by atoms with Crippen LogP contribution in [-0.4, -0.2) is 129 Å². The molecule has 1 amide bonds. The third-order valence-corrected chi connectivity index (χ3v) is 16.7. The Morgan fingerprint density at radius 2 is 1.21 bits per heavy atom. The Kier molecular flexibility index (Phi) is 23.6. The molecule has 1 unspecified atom stereocenters. The number of rotatable bonds is 20. The van der Waals surface area contributed by atoms with E-state index < -0.39 is 98.6 Å². The number of nitrogens with zero attached hydrogens (tertiary/aromatic N) is 6. The molecule has 9 atom stereocenters. The second kappa shape index (κ2) is 27.2. The van der Waals surface area contributed by atoms with E-state index in [1.54, 1.807) is 0 Å². The maximum Gasteiger partial charge on any atom is 3.00 e. The van der Waals surface area contributed by atoms with Crippen molar-refractivity contribution in [2.75, 3.05) is 48.7 Å². The molecule has 22 heteroatoms. The van der Waals surface area contributed by atoms with Gasteiger partial charge in [-0.1, -0.05) is 40.7 Å². The summed E-state index contributed by atoms with van der Waals surface area (Å²) < 4.78 is 26.2. The van der Waals surface area contributed by atoms with E-state index in [9.17, 15) is 43.8 Å². The molecule has 5 rings (SSSR count). The van der Waals surface area contributed by atoms with E-state index in [1.807, 2.05) is 61.5 Å². The Morgan fingerprint density at radius 1 is 0.684 bits per heavy atom. The van der Waals surface area contributed by atoms with Crippen LogP contribution in [0.2, 0.25) is 0 Å². The summed E-state index contributed by atoms with van der Waals surface area (Å²) in [6.45, 7) is 24.5. The summed E-state index contributed by atoms with van der Waals surface area (Å²) in [6, 6.07) is -0.926. The van der Waals surface area contributed by atoms with Crippen LogP contribution in [0.3, 0.4) is 0 Å². The van der Waals surface area contributed by atoms with Gasteiger partial charge in [-0.05, 0) is 75.0 Å². The maximum atomic E-state index is 14.0. The number of hydrogen-bond donors (Lipinski definition) is 3. The van der Waals surface area contributed by atoms with Gasteiger partial charge in [0.2, 0.25) is 5.91 Å². The van der Waals surface area contributed by atoms with E-state index in [0.717, 1.165) is 0 Å². The van der Waals surface area contributed by atoms with E-state index in [-0.39, 0.29) is 94.1 Å². The smallest absolute Gasteiger partial charge is 0.682 e. The van der Waals surface area contributed by atoms with Gasteiger partial charge in [0.1, 0.15) is 0 Å². The molecule has 418 valence electrons. The molecule has 0 radical (unpaired) electrons. The molecule has 0 aromatic heterocycles. The Balaban J connectivity index is 0.00000386. The quantitative estimate of drug-likeness (QED) is 0.0678. The Hall–Kier alpha value is -6.23. The molecule has 8 bridgehead atoms. The van der Waals surface area contributed by atoms with Crippen molar-refractivity contribution in [3.63, 3.8) is 0 Å². The number of methoxy groups -OCH3 is 5. The molecule has 0 aromatic rings. The second-order valence-corrected chi connectivity index (χ2v) is 21.0. The average Bonchev–Trinajstić information content (AvgIpc) is 4.00. The van der Waals surface area contributed by atoms with Gasteiger partial charge in [-0.15, -0.1) is 0 Å². The number of aliphatic imine (C=N–C) groups is 3. The third kappa shape index (κ3) is 12.9. The summed E-state index contributed by atoms with van der Waals surface area (Å²) >= 11 is 0. The molecule has 0 aliphatic carbocycles. The zero-order chi connectivity index (χ0) is 57.0. The van der Waals surface area contributed by atoms with Crippen molar-refractivity contribution in [2.24, 2.45) is 60.3 Å². The number of carbonyl (C=O) groups excluding carboxylic acids is 6. The zero-order valence-corrected chi connectivity index (χ0v) is 47.0. The number of hydrogen-bond acceptors (Lipinski definition) is 18. The van der Waals surface area contributed by atoms with Gasteiger partial charge in [-0.25, -0.2) is 0 Å². The van der Waals surface area contributed by atoms with Crippen molar-refractivity contribution >= 4 is 58.9 Å². The first kappa shape index (κ1) is 65.9. The molecule has 5 aliphatic rings. The molecule has 5 aliphatic heterocycles. The van der Waals surface area contributed by atoms with Gasteiger partial charge in [0, 0.05) is 102 Å². The van der Waals surface area contributed by atoms with Gasteiger partial charge in [0.15, 0.2) is 0 Å². The van der Waals surface area contributed by atoms with E-state index in [1.165, 1.54) is 35.5 Å². The molecule has 21 nitrogen and oxygen atoms in total. The van der Waals surface area contributed by atoms with Gasteiger partial charge in [-0.2, -0.15) is 5.70 Å². The van der Waals surface area contributed by atoms with Gasteiger partial charge in [0.25, 0.3) is 0 Å². The van der Waals surface area contributed by atoms with Gasteiger partial charge >= 0.3 is 52.6 Å². The van der Waals surface area contributed by atoms with Crippen molar-refractivity contribution in [1.82, 2.24) is 5.32 Å². The van der Waals surface area contributed by atoms with E-state index in [0.29, 0.717) is 51.8 Å². The molecule has 0 saturated carbocycles. The number of carboxylic acid groups (broad SMARTS) is 1. The fourth-order valence-electron chi connectivity index (χ4n) is 12.3. The summed E-state index contributed by atoms with van der Waals surface area (Å²) in [6.07, 6.45) is 1.52. The van der Waals surface area contributed by atoms with Crippen molar-refractivity contribution in [1.29, 1.82) is 10.5 Å². The van der Waals surface area contributed by atoms with Crippen molar-refractivity contribution in [2.45, 2.75) is 138 Å². The largest absolute Gasteiger partial charge is 3.00 e. The summed E-state index contributed by atoms with van der Waals surface area (Å²) in [7, 11) is 6.48. The summed E-state index contributed by atoms with van der Waals surface area (Å²) in [5, 5.41) is 40.8. The Labute approximate surface area is 456 Å². The second-order valence-electron chi connectivity index (χ2n) is 21.0. The Morgan fingerprint density at radius 3 is 1.74 bits per heavy atom. The van der Waals surface area contributed by atoms with Crippen LogP contribution in [0.5, 0.6) is 0 Å². The molecule has 76 heavy (non-hydrogen) atoms. The normalized spacial score (nSPS) is 31.1. The van der Waals surface area contributed by atoms with Crippen LogP contribution in [0.25, 0.3) is 5.32 Å². The van der Waals surface area contributed by atoms with Crippen molar-refractivity contribution in [3.8, 4) is 0 Å². The van der Waals surface area contributed by atoms with E-state index in [4.69, 9.17) is 67.6 Å². The van der Waals surface area contributed by atoms with Gasteiger partial charge in [-0.3, -0.25) is 48.5 Å². The predicted molar refractivity (Wildman–Crippen MR) is 272 cm³/mol. The van der Waals surface area contributed by atoms with E-state index in [2.05, 4.69) is 5.32 Å². The molecule has 1 fully saturated rings. The standard InChI is InChI=1S/C52H75N5O14.2CN.Co/c1-28-43-31(15-18-38(62)67-9)48(3,4)35(55-43)25-34-30(14-17-37(60)61)50(6,26-36(59)53-22-23-58)46(54-34)29(2)44-32(16-19-39(63)68-10)51(7,27-42(66)71-13)52(8,57-44)47-33(24-41(65)70-12)49(5,45(28)56-47)21-20-40(64)69-11;2*1-2;/h25,30-33,47,58H,14-24,26-27H2,1-13H3,(H3,53,54,55,56,57,59,60,61);;;/q;2*-1;+3/p-1/t30-,31-,32-,33+,47?,49-,50+,51+,52+;;;/m1.../s1. The first-order valence-electron chi connectivity index (χ1n) is 24.8. The van der Waals surface area contributed by atoms with Crippen LogP contribution in [0.1, 0.15) is 126 Å². The minimum atomic E-state index is -1.42. The summed E-state index contributed by atoms with van der Waals surface area (Å²) in [4.78, 5) is 110. The van der Waals surface area contributed by atoms with Crippen LogP contribution in [0.15, 0.2) is 49.3 Å². The average molecular weight is 1100 g/mol. The molecular weight excluding hydrogens is 1030 g/mol. The zero-order valence-electron chi connectivity index (χ0n) is 46.0. The first-order valence-corrected chi connectivity index (χ1v) is 24.8. The number of aliphatic hydroxyl groups excluding tert-OH is 1. The number of esters is 5. The molecule has 1 saturated heterocycles. The number of nitrogens with one attached hydrogen (secondary N) is 1. The fraction of sp³-hybridized carbons (Fsp3) is 0.667. The minimum absolute atomic E-state index is 0. The van der Waals surface area contributed by atoms with Gasteiger partial charge in [0.05, 0.1) is 59.8 Å². The number of fused-ring (bicyclic) bond motifs is 6. The van der Waals surface area contributed by atoms with Crippen LogP contribution in [0.4, 0.5) is 0 Å². The van der Waals surface area contributed by atoms with Crippen LogP contribution < -0.4 is 5.32 Å².